The number of rotatable bonds is 8. The number of amidine groups is 1. The van der Waals surface area contributed by atoms with Crippen molar-refractivity contribution in [2.75, 3.05) is 62.7 Å². The van der Waals surface area contributed by atoms with Crippen molar-refractivity contribution < 1.29 is 18.8 Å². The number of piperazine rings is 1. The van der Waals surface area contributed by atoms with E-state index in [1.807, 2.05) is 11.9 Å². The number of aliphatic imine (C=N–C) groups is 1. The van der Waals surface area contributed by atoms with Gasteiger partial charge in [-0.3, -0.25) is 19.4 Å². The van der Waals surface area contributed by atoms with Gasteiger partial charge in [0.05, 0.1) is 34.1 Å². The number of pyridine rings is 1. The van der Waals surface area contributed by atoms with Crippen LogP contribution in [0.25, 0.3) is 0 Å². The monoisotopic (exact) mass is 609 g/mol. The third-order valence-corrected chi connectivity index (χ3v) is 8.02. The first kappa shape index (κ1) is 29.5. The van der Waals surface area contributed by atoms with E-state index in [1.54, 1.807) is 41.3 Å². The van der Waals surface area contributed by atoms with Crippen molar-refractivity contribution in [3.8, 4) is 0 Å². The maximum Gasteiger partial charge on any atom is 0.258 e. The summed E-state index contributed by atoms with van der Waals surface area (Å²) < 4.78 is 15.1. The van der Waals surface area contributed by atoms with Crippen LogP contribution in [0.5, 0.6) is 0 Å². The summed E-state index contributed by atoms with van der Waals surface area (Å²) in [5, 5.41) is 8.99. The van der Waals surface area contributed by atoms with Gasteiger partial charge < -0.3 is 25.8 Å². The number of anilines is 2. The SMILES string of the molecule is CN1CCN=C1c1ccc(C(=O)Nc2ccc(SCC(=O)N3CCNCC3)cc2C(=O)Nc2ccc(Cl)cn2)c(F)c1. The molecular formula is C29H29ClFN7O3S. The van der Waals surface area contributed by atoms with Crippen LogP contribution >= 0.6 is 23.4 Å². The molecule has 3 amide bonds. The number of nitrogens with zero attached hydrogens (tertiary/aromatic N) is 4. The number of aromatic nitrogens is 1. The highest BCUT2D eigenvalue weighted by Gasteiger charge is 2.22. The van der Waals surface area contributed by atoms with E-state index in [2.05, 4.69) is 25.9 Å². The number of hydrogen-bond acceptors (Lipinski definition) is 8. The normalized spacial score (nSPS) is 14.9. The third kappa shape index (κ3) is 7.07. The Morgan fingerprint density at radius 3 is 2.48 bits per heavy atom. The summed E-state index contributed by atoms with van der Waals surface area (Å²) in [6.45, 7) is 4.17. The molecule has 42 heavy (non-hydrogen) atoms. The number of halogens is 2. The van der Waals surface area contributed by atoms with Crippen LogP contribution in [0.4, 0.5) is 15.9 Å². The number of nitrogens with one attached hydrogen (secondary N) is 3. The van der Waals surface area contributed by atoms with E-state index in [0.717, 1.165) is 19.6 Å². The predicted molar refractivity (Wildman–Crippen MR) is 162 cm³/mol. The van der Waals surface area contributed by atoms with Gasteiger partial charge in [-0.2, -0.15) is 0 Å². The summed E-state index contributed by atoms with van der Waals surface area (Å²) in [5.74, 6) is -0.840. The first-order valence-corrected chi connectivity index (χ1v) is 14.7. The Bertz CT molecular complexity index is 1530. The second-order valence-corrected chi connectivity index (χ2v) is 11.2. The van der Waals surface area contributed by atoms with Gasteiger partial charge in [-0.25, -0.2) is 9.37 Å². The summed E-state index contributed by atoms with van der Waals surface area (Å²) >= 11 is 7.20. The molecule has 10 nitrogen and oxygen atoms in total. The number of benzene rings is 2. The van der Waals surface area contributed by atoms with Gasteiger partial charge >= 0.3 is 0 Å². The van der Waals surface area contributed by atoms with Crippen molar-refractivity contribution >= 4 is 58.4 Å². The minimum Gasteiger partial charge on any atom is -0.358 e. The van der Waals surface area contributed by atoms with Crippen molar-refractivity contribution in [1.82, 2.24) is 20.1 Å². The van der Waals surface area contributed by atoms with Crippen molar-refractivity contribution in [2.24, 2.45) is 4.99 Å². The fraction of sp³-hybridized carbons (Fsp3) is 0.276. The number of likely N-dealkylation sites (N-methyl/N-ethyl adjacent to an activating group) is 1. The smallest absolute Gasteiger partial charge is 0.258 e. The second-order valence-electron chi connectivity index (χ2n) is 9.72. The molecule has 13 heteroatoms. The molecule has 1 aromatic heterocycles. The summed E-state index contributed by atoms with van der Waals surface area (Å²) in [5.41, 5.74) is 0.702. The molecule has 3 heterocycles. The van der Waals surface area contributed by atoms with Gasteiger partial charge in [0.1, 0.15) is 17.5 Å². The van der Waals surface area contributed by atoms with E-state index in [9.17, 15) is 14.4 Å². The minimum atomic E-state index is -0.714. The topological polar surface area (TPSA) is 119 Å². The first-order valence-electron chi connectivity index (χ1n) is 13.3. The molecule has 3 aromatic rings. The van der Waals surface area contributed by atoms with Gasteiger partial charge in [-0.15, -0.1) is 11.8 Å². The quantitative estimate of drug-likeness (QED) is 0.334. The molecule has 0 bridgehead atoms. The van der Waals surface area contributed by atoms with Crippen LogP contribution in [0.1, 0.15) is 26.3 Å². The van der Waals surface area contributed by atoms with Gasteiger partial charge in [0.15, 0.2) is 0 Å². The Balaban J connectivity index is 1.36. The molecule has 0 spiro atoms. The molecule has 1 saturated heterocycles. The Morgan fingerprint density at radius 1 is 1.00 bits per heavy atom. The number of thioether (sulfide) groups is 1. The van der Waals surface area contributed by atoms with Gasteiger partial charge in [-0.1, -0.05) is 17.7 Å². The Morgan fingerprint density at radius 2 is 1.79 bits per heavy atom. The number of amides is 3. The highest BCUT2D eigenvalue weighted by molar-refractivity contribution is 8.00. The lowest BCUT2D eigenvalue weighted by atomic mass is 10.1. The van der Waals surface area contributed by atoms with E-state index in [1.165, 1.54) is 30.1 Å². The van der Waals surface area contributed by atoms with Crippen LogP contribution in [0.15, 0.2) is 64.6 Å². The lowest BCUT2D eigenvalue weighted by Gasteiger charge is -2.27. The van der Waals surface area contributed by atoms with Crippen molar-refractivity contribution in [3.63, 3.8) is 0 Å². The molecule has 0 saturated carbocycles. The van der Waals surface area contributed by atoms with E-state index in [4.69, 9.17) is 11.6 Å². The van der Waals surface area contributed by atoms with Crippen molar-refractivity contribution in [2.45, 2.75) is 4.90 Å². The van der Waals surface area contributed by atoms with Crippen LogP contribution in [0.3, 0.4) is 0 Å². The van der Waals surface area contributed by atoms with Crippen LogP contribution in [0.2, 0.25) is 5.02 Å². The zero-order valence-electron chi connectivity index (χ0n) is 22.8. The van der Waals surface area contributed by atoms with Gasteiger partial charge in [0.25, 0.3) is 11.8 Å². The molecular weight excluding hydrogens is 581 g/mol. The highest BCUT2D eigenvalue weighted by atomic mass is 35.5. The van der Waals surface area contributed by atoms with E-state index in [0.29, 0.717) is 41.0 Å². The standard InChI is InChI=1S/C29H29ClFN7O3S/c1-37-11-10-33-27(37)18-2-5-21(23(31)14-18)28(40)35-24-6-4-20(42-17-26(39)38-12-8-32-9-13-38)15-22(24)29(41)36-25-7-3-19(30)16-34-25/h2-7,14-16,32H,8-13,17H2,1H3,(H,35,40)(H,34,36,41). The molecule has 2 aromatic carbocycles. The first-order chi connectivity index (χ1) is 20.3. The summed E-state index contributed by atoms with van der Waals surface area (Å²) in [6.07, 6.45) is 1.40. The average molecular weight is 610 g/mol. The molecule has 0 radical (unpaired) electrons. The summed E-state index contributed by atoms with van der Waals surface area (Å²) in [7, 11) is 1.87. The van der Waals surface area contributed by atoms with Crippen LogP contribution in [-0.4, -0.2) is 90.4 Å². The van der Waals surface area contributed by atoms with Crippen molar-refractivity contribution in [3.05, 3.63) is 82.3 Å². The Kier molecular flexibility index (Phi) is 9.35. The van der Waals surface area contributed by atoms with E-state index in [-0.39, 0.29) is 34.3 Å². The maximum atomic E-state index is 15.1. The molecule has 2 aliphatic heterocycles. The minimum absolute atomic E-state index is 0.00364. The fourth-order valence-electron chi connectivity index (χ4n) is 4.57. The predicted octanol–water partition coefficient (Wildman–Crippen LogP) is 3.59. The number of carbonyl (C=O) groups is 3. The maximum absolute atomic E-state index is 15.1. The van der Waals surface area contributed by atoms with Gasteiger partial charge in [0.2, 0.25) is 5.91 Å². The number of carbonyl (C=O) groups excluding carboxylic acids is 3. The van der Waals surface area contributed by atoms with Crippen molar-refractivity contribution in [1.29, 1.82) is 0 Å². The third-order valence-electron chi connectivity index (χ3n) is 6.82. The van der Waals surface area contributed by atoms with E-state index >= 15 is 4.39 Å². The molecule has 1 fully saturated rings. The van der Waals surface area contributed by atoms with Crippen LogP contribution in [-0.2, 0) is 4.79 Å². The summed E-state index contributed by atoms with van der Waals surface area (Å²) in [6, 6.07) is 12.3. The molecule has 3 N–H and O–H groups in total. The lowest BCUT2D eigenvalue weighted by molar-refractivity contribution is -0.128. The molecule has 5 rings (SSSR count). The van der Waals surface area contributed by atoms with Crippen LogP contribution < -0.4 is 16.0 Å². The molecule has 2 aliphatic rings. The highest BCUT2D eigenvalue weighted by Crippen LogP contribution is 2.27. The van der Waals surface area contributed by atoms with Gasteiger partial charge in [0, 0.05) is 56.4 Å². The van der Waals surface area contributed by atoms with Gasteiger partial charge in [-0.05, 0) is 42.5 Å². The van der Waals surface area contributed by atoms with E-state index < -0.39 is 17.6 Å². The Hall–Kier alpha value is -4.00. The molecule has 0 atom stereocenters. The summed E-state index contributed by atoms with van der Waals surface area (Å²) in [4.78, 5) is 52.0. The largest absolute Gasteiger partial charge is 0.358 e. The number of hydrogen-bond donors (Lipinski definition) is 3. The van der Waals surface area contributed by atoms with Crippen LogP contribution in [0, 0.1) is 5.82 Å². The Labute approximate surface area is 251 Å². The average Bonchev–Trinajstić information content (AvgIpc) is 3.43. The zero-order chi connectivity index (χ0) is 29.6. The zero-order valence-corrected chi connectivity index (χ0v) is 24.4. The molecule has 218 valence electrons. The molecule has 0 unspecified atom stereocenters. The second kappa shape index (κ2) is 13.3. The lowest BCUT2D eigenvalue weighted by Crippen LogP contribution is -2.47. The fourth-order valence-corrected chi connectivity index (χ4v) is 5.52. The molecule has 0 aliphatic carbocycles.